The fraction of sp³-hybridized carbons (Fsp3) is 0.333. The number of benzene rings is 2. The molecule has 0 spiro atoms. The Balaban J connectivity index is 1.68. The Morgan fingerprint density at radius 3 is 2.81 bits per heavy atom. The van der Waals surface area contributed by atoms with E-state index in [2.05, 4.69) is 11.6 Å². The number of amides is 3. The first-order valence-corrected chi connectivity index (χ1v) is 11.8. The van der Waals surface area contributed by atoms with Crippen molar-refractivity contribution in [2.24, 2.45) is 0 Å². The summed E-state index contributed by atoms with van der Waals surface area (Å²) < 4.78 is 20.7. The normalized spacial score (nSPS) is 21.3. The number of carbonyl (C=O) groups is 2. The molecule has 0 bridgehead atoms. The van der Waals surface area contributed by atoms with E-state index in [-0.39, 0.29) is 30.4 Å². The van der Waals surface area contributed by atoms with Crippen LogP contribution in [0.2, 0.25) is 0 Å². The quantitative estimate of drug-likeness (QED) is 0.387. The fourth-order valence-electron chi connectivity index (χ4n) is 5.53. The van der Waals surface area contributed by atoms with Gasteiger partial charge < -0.3 is 19.7 Å². The molecular formula is C27H29FN4O4. The van der Waals surface area contributed by atoms with Crippen molar-refractivity contribution < 1.29 is 23.8 Å². The number of phenols is 1. The number of aromatic nitrogens is 1. The Morgan fingerprint density at radius 2 is 2.11 bits per heavy atom. The van der Waals surface area contributed by atoms with Crippen LogP contribution < -0.4 is 4.74 Å². The van der Waals surface area contributed by atoms with E-state index in [4.69, 9.17) is 4.74 Å². The van der Waals surface area contributed by atoms with Crippen molar-refractivity contribution in [3.05, 3.63) is 71.7 Å². The van der Waals surface area contributed by atoms with Gasteiger partial charge in [0, 0.05) is 42.7 Å². The van der Waals surface area contributed by atoms with Gasteiger partial charge in [0.2, 0.25) is 0 Å². The number of likely N-dealkylation sites (N-methyl/N-ethyl adjacent to an activating group) is 1. The molecule has 8 nitrogen and oxygen atoms in total. The fourth-order valence-corrected chi connectivity index (χ4v) is 5.53. The zero-order valence-electron chi connectivity index (χ0n) is 20.5. The minimum absolute atomic E-state index is 0.0335. The highest BCUT2D eigenvalue weighted by Crippen LogP contribution is 2.49. The maximum Gasteiger partial charge on any atom is 0.328 e. The van der Waals surface area contributed by atoms with Gasteiger partial charge in [0.25, 0.3) is 5.91 Å². The van der Waals surface area contributed by atoms with Crippen molar-refractivity contribution in [3.63, 3.8) is 0 Å². The summed E-state index contributed by atoms with van der Waals surface area (Å²) >= 11 is 0. The van der Waals surface area contributed by atoms with Crippen molar-refractivity contribution in [2.75, 3.05) is 33.8 Å². The first kappa shape index (κ1) is 23.9. The Morgan fingerprint density at radius 1 is 1.33 bits per heavy atom. The molecule has 0 unspecified atom stereocenters. The maximum atomic E-state index is 15.5. The molecule has 2 aliphatic rings. The molecule has 0 radical (unpaired) electrons. The predicted octanol–water partition coefficient (Wildman–Crippen LogP) is 3.81. The average Bonchev–Trinajstić information content (AvgIpc) is 3.29. The molecular weight excluding hydrogens is 463 g/mol. The number of carbonyl (C=O) groups excluding carboxylic acids is 2. The molecule has 1 fully saturated rings. The number of hydrogen-bond acceptors (Lipinski definition) is 5. The predicted molar refractivity (Wildman–Crippen MR) is 134 cm³/mol. The number of H-pyrrole nitrogens is 1. The molecule has 2 N–H and O–H groups in total. The summed E-state index contributed by atoms with van der Waals surface area (Å²) in [5.74, 6) is -0.704. The van der Waals surface area contributed by atoms with E-state index in [0.717, 1.165) is 0 Å². The minimum atomic E-state index is -1.23. The van der Waals surface area contributed by atoms with Crippen LogP contribution in [0.5, 0.6) is 11.5 Å². The molecule has 1 saturated heterocycles. The van der Waals surface area contributed by atoms with Crippen LogP contribution >= 0.6 is 0 Å². The molecule has 36 heavy (non-hydrogen) atoms. The number of hydrogen-bond donors (Lipinski definition) is 2. The number of aromatic amines is 1. The number of nitrogens with one attached hydrogen (secondary N) is 1. The number of urea groups is 1. The Labute approximate surface area is 208 Å². The molecule has 0 aliphatic carbocycles. The summed E-state index contributed by atoms with van der Waals surface area (Å²) in [6.07, 6.45) is 1.90. The second kappa shape index (κ2) is 8.67. The smallest absolute Gasteiger partial charge is 0.328 e. The third-order valence-electron chi connectivity index (χ3n) is 7.28. The summed E-state index contributed by atoms with van der Waals surface area (Å²) in [5, 5.41) is 10.6. The minimum Gasteiger partial charge on any atom is -0.508 e. The Bertz CT molecular complexity index is 1390. The number of fused-ring (bicyclic) bond motifs is 4. The van der Waals surface area contributed by atoms with Crippen LogP contribution in [0.15, 0.2) is 49.1 Å². The summed E-state index contributed by atoms with van der Waals surface area (Å²) in [7, 11) is 3.30. The zero-order valence-corrected chi connectivity index (χ0v) is 20.5. The van der Waals surface area contributed by atoms with Gasteiger partial charge in [-0.1, -0.05) is 18.2 Å². The lowest BCUT2D eigenvalue weighted by molar-refractivity contribution is -0.133. The maximum absolute atomic E-state index is 15.5. The highest BCUT2D eigenvalue weighted by Gasteiger charge is 2.60. The van der Waals surface area contributed by atoms with Gasteiger partial charge in [0.15, 0.2) is 11.6 Å². The van der Waals surface area contributed by atoms with Crippen molar-refractivity contribution in [3.8, 4) is 11.5 Å². The molecule has 5 rings (SSSR count). The van der Waals surface area contributed by atoms with Crippen LogP contribution in [0.3, 0.4) is 0 Å². The summed E-state index contributed by atoms with van der Waals surface area (Å²) in [4.78, 5) is 35.7. The van der Waals surface area contributed by atoms with Gasteiger partial charge in [-0.15, -0.1) is 6.58 Å². The lowest BCUT2D eigenvalue weighted by Crippen LogP contribution is -2.53. The molecule has 3 amide bonds. The van der Waals surface area contributed by atoms with Gasteiger partial charge in [0.05, 0.1) is 7.11 Å². The van der Waals surface area contributed by atoms with Crippen molar-refractivity contribution in [1.29, 1.82) is 0 Å². The number of rotatable bonds is 7. The molecule has 2 atom stereocenters. The van der Waals surface area contributed by atoms with E-state index in [9.17, 15) is 14.7 Å². The molecule has 2 aliphatic heterocycles. The first-order chi connectivity index (χ1) is 17.2. The third-order valence-corrected chi connectivity index (χ3v) is 7.28. The lowest BCUT2D eigenvalue weighted by Gasteiger charge is -2.42. The first-order valence-electron chi connectivity index (χ1n) is 11.8. The van der Waals surface area contributed by atoms with E-state index in [1.807, 2.05) is 11.9 Å². The van der Waals surface area contributed by atoms with Crippen molar-refractivity contribution in [1.82, 2.24) is 19.7 Å². The second-order valence-corrected chi connectivity index (χ2v) is 9.63. The molecule has 3 heterocycles. The molecule has 9 heteroatoms. The van der Waals surface area contributed by atoms with Gasteiger partial charge in [-0.25, -0.2) is 9.18 Å². The van der Waals surface area contributed by atoms with E-state index in [1.165, 1.54) is 12.0 Å². The van der Waals surface area contributed by atoms with E-state index < -0.39 is 23.4 Å². The van der Waals surface area contributed by atoms with Crippen molar-refractivity contribution in [2.45, 2.75) is 24.9 Å². The number of methoxy groups -OCH3 is 1. The standard InChI is InChI=1S/C27H29FN4O4/c1-5-11-30(3)12-13-31-25(34)27(2)15-18-21-19(9-10-20(36-4)22(21)28)29-23(18)24(32(27)26(31)35)16-7-6-8-17(33)14-16/h5-10,14,24,29,33H,1,11-13,15H2,2-4H3/t24-,27+/m1/s1. The van der Waals surface area contributed by atoms with Crippen LogP contribution in [0.25, 0.3) is 10.9 Å². The number of halogens is 1. The topological polar surface area (TPSA) is 89.1 Å². The van der Waals surface area contributed by atoms with Crippen LogP contribution in [-0.2, 0) is 11.2 Å². The molecule has 2 aromatic carbocycles. The third kappa shape index (κ3) is 3.45. The summed E-state index contributed by atoms with van der Waals surface area (Å²) in [6.45, 7) is 6.80. The number of phenolic OH excluding ortho intramolecular Hbond substituents is 1. The van der Waals surface area contributed by atoms with Crippen LogP contribution in [-0.4, -0.2) is 76.1 Å². The highest BCUT2D eigenvalue weighted by atomic mass is 19.1. The van der Waals surface area contributed by atoms with Gasteiger partial charge in [-0.2, -0.15) is 0 Å². The van der Waals surface area contributed by atoms with Crippen LogP contribution in [0.1, 0.15) is 29.8 Å². The van der Waals surface area contributed by atoms with Gasteiger partial charge in [-0.3, -0.25) is 14.6 Å². The second-order valence-electron chi connectivity index (χ2n) is 9.63. The molecule has 1 aromatic heterocycles. The Kier molecular flexibility index (Phi) is 5.75. The Hall–Kier alpha value is -3.85. The number of imide groups is 1. The summed E-state index contributed by atoms with van der Waals surface area (Å²) in [6, 6.07) is 8.73. The summed E-state index contributed by atoms with van der Waals surface area (Å²) in [5.41, 5.74) is 1.18. The van der Waals surface area contributed by atoms with Gasteiger partial charge in [0.1, 0.15) is 17.3 Å². The SMILES string of the molecule is C=CCN(C)CCN1C(=O)N2[C@H](c3cccc(O)c3)c3[nH]c4ccc(OC)c(F)c4c3C[C@@]2(C)C1=O. The van der Waals surface area contributed by atoms with E-state index in [1.54, 1.807) is 54.3 Å². The van der Waals surface area contributed by atoms with E-state index >= 15 is 4.39 Å². The number of nitrogens with zero attached hydrogens (tertiary/aromatic N) is 3. The highest BCUT2D eigenvalue weighted by molar-refractivity contribution is 6.08. The molecule has 3 aromatic rings. The number of aromatic hydroxyl groups is 1. The average molecular weight is 493 g/mol. The molecule has 0 saturated carbocycles. The number of ether oxygens (including phenoxy) is 1. The van der Waals surface area contributed by atoms with Crippen LogP contribution in [0, 0.1) is 5.82 Å². The van der Waals surface area contributed by atoms with Gasteiger partial charge in [-0.05, 0) is 49.4 Å². The van der Waals surface area contributed by atoms with Gasteiger partial charge >= 0.3 is 6.03 Å². The zero-order chi connectivity index (χ0) is 25.8. The van der Waals surface area contributed by atoms with E-state index in [0.29, 0.717) is 40.8 Å². The van der Waals surface area contributed by atoms with Crippen molar-refractivity contribution >= 4 is 22.8 Å². The lowest BCUT2D eigenvalue weighted by atomic mass is 9.81. The largest absolute Gasteiger partial charge is 0.508 e. The monoisotopic (exact) mass is 492 g/mol. The molecule has 188 valence electrons. The van der Waals surface area contributed by atoms with Crippen LogP contribution in [0.4, 0.5) is 9.18 Å².